The molecule has 0 radical (unpaired) electrons. The molecule has 0 bridgehead atoms. The number of amides is 2. The van der Waals surface area contributed by atoms with Gasteiger partial charge >= 0.3 is 12.2 Å². The second-order valence-electron chi connectivity index (χ2n) is 4.21. The summed E-state index contributed by atoms with van der Waals surface area (Å²) in [7, 11) is 1.31. The number of carbonyl (C=O) groups excluding carboxylic acids is 1. The molecule has 0 saturated carbocycles. The Hall–Kier alpha value is -2.55. The summed E-state index contributed by atoms with van der Waals surface area (Å²) in [5, 5.41) is 2.52. The Labute approximate surface area is 123 Å². The number of halogens is 3. The minimum Gasteiger partial charge on any atom is -0.432 e. The van der Waals surface area contributed by atoms with Gasteiger partial charge in [-0.3, -0.25) is 4.84 Å². The number of carbonyl (C=O) groups is 1. The maximum atomic E-state index is 12.4. The van der Waals surface area contributed by atoms with Crippen molar-refractivity contribution in [2.24, 2.45) is 0 Å². The minimum atomic E-state index is -4.57. The standard InChI is InChI=1S/C13H12F3N3O3/c1-21-19-12(20)18-6-8-2-4-9(5-3-8)11-17-7-10(22-11)13(14,15)16/h2-5,7H,6H2,1H3,(H2,18,19,20). The molecule has 0 fully saturated rings. The molecule has 0 unspecified atom stereocenters. The van der Waals surface area contributed by atoms with E-state index in [0.29, 0.717) is 11.8 Å². The van der Waals surface area contributed by atoms with Crippen LogP contribution in [0.2, 0.25) is 0 Å². The topological polar surface area (TPSA) is 76.4 Å². The predicted octanol–water partition coefficient (Wildman–Crippen LogP) is 2.72. The molecule has 0 aliphatic rings. The molecule has 1 aromatic carbocycles. The zero-order valence-corrected chi connectivity index (χ0v) is 11.4. The van der Waals surface area contributed by atoms with E-state index in [0.717, 1.165) is 5.56 Å². The Kier molecular flexibility index (Phi) is 4.66. The molecular formula is C13H12F3N3O3. The summed E-state index contributed by atoms with van der Waals surface area (Å²) < 4.78 is 42.0. The molecule has 1 heterocycles. The summed E-state index contributed by atoms with van der Waals surface area (Å²) in [5.41, 5.74) is 3.24. The molecule has 1 aromatic heterocycles. The number of benzene rings is 1. The van der Waals surface area contributed by atoms with Gasteiger partial charge < -0.3 is 9.73 Å². The highest BCUT2D eigenvalue weighted by Crippen LogP contribution is 2.32. The fourth-order valence-electron chi connectivity index (χ4n) is 1.61. The van der Waals surface area contributed by atoms with Crippen LogP contribution in [0.25, 0.3) is 11.5 Å². The molecule has 0 aliphatic heterocycles. The monoisotopic (exact) mass is 315 g/mol. The number of hydrogen-bond donors (Lipinski definition) is 2. The Balaban J connectivity index is 2.03. The van der Waals surface area contributed by atoms with E-state index in [1.165, 1.54) is 7.11 Å². The average Bonchev–Trinajstić information content (AvgIpc) is 2.96. The maximum absolute atomic E-state index is 12.4. The lowest BCUT2D eigenvalue weighted by atomic mass is 10.1. The molecule has 0 spiro atoms. The summed E-state index contributed by atoms with van der Waals surface area (Å²) in [6.45, 7) is 0.231. The first-order chi connectivity index (χ1) is 10.4. The van der Waals surface area contributed by atoms with Gasteiger partial charge in [-0.25, -0.2) is 15.3 Å². The van der Waals surface area contributed by atoms with Crippen molar-refractivity contribution in [3.8, 4) is 11.5 Å². The van der Waals surface area contributed by atoms with Crippen molar-refractivity contribution in [1.82, 2.24) is 15.8 Å². The Bertz CT molecular complexity index is 638. The number of hydrogen-bond acceptors (Lipinski definition) is 4. The summed E-state index contributed by atoms with van der Waals surface area (Å²) >= 11 is 0. The highest BCUT2D eigenvalue weighted by Gasteiger charge is 2.35. The van der Waals surface area contributed by atoms with Crippen molar-refractivity contribution < 1.29 is 27.2 Å². The quantitative estimate of drug-likeness (QED) is 0.851. The first kappa shape index (κ1) is 15.8. The van der Waals surface area contributed by atoms with E-state index in [1.54, 1.807) is 24.3 Å². The van der Waals surface area contributed by atoms with Gasteiger partial charge in [0.15, 0.2) is 0 Å². The van der Waals surface area contributed by atoms with Gasteiger partial charge in [0.25, 0.3) is 0 Å². The zero-order chi connectivity index (χ0) is 16.2. The van der Waals surface area contributed by atoms with Gasteiger partial charge in [-0.1, -0.05) is 12.1 Å². The van der Waals surface area contributed by atoms with Crippen molar-refractivity contribution in [3.63, 3.8) is 0 Å². The average molecular weight is 315 g/mol. The van der Waals surface area contributed by atoms with Crippen LogP contribution in [-0.4, -0.2) is 18.1 Å². The molecule has 2 aromatic rings. The van der Waals surface area contributed by atoms with Crippen molar-refractivity contribution in [2.75, 3.05) is 7.11 Å². The molecule has 2 N–H and O–H groups in total. The van der Waals surface area contributed by atoms with Gasteiger partial charge in [-0.2, -0.15) is 13.2 Å². The number of alkyl halides is 3. The van der Waals surface area contributed by atoms with Crippen molar-refractivity contribution in [3.05, 3.63) is 41.8 Å². The second-order valence-corrected chi connectivity index (χ2v) is 4.21. The van der Waals surface area contributed by atoms with E-state index < -0.39 is 18.0 Å². The van der Waals surface area contributed by atoms with Crippen LogP contribution in [0.4, 0.5) is 18.0 Å². The number of rotatable bonds is 4. The molecule has 0 atom stereocenters. The number of nitrogens with one attached hydrogen (secondary N) is 2. The van der Waals surface area contributed by atoms with Gasteiger partial charge in [0.1, 0.15) is 0 Å². The molecule has 118 valence electrons. The summed E-state index contributed by atoms with van der Waals surface area (Å²) in [6, 6.07) is 5.88. The highest BCUT2D eigenvalue weighted by molar-refractivity contribution is 5.72. The number of aromatic nitrogens is 1. The molecule has 0 saturated heterocycles. The molecule has 6 nitrogen and oxygen atoms in total. The fourth-order valence-corrected chi connectivity index (χ4v) is 1.61. The van der Waals surface area contributed by atoms with Gasteiger partial charge in [0.05, 0.1) is 13.3 Å². The van der Waals surface area contributed by atoms with Crippen molar-refractivity contribution in [2.45, 2.75) is 12.7 Å². The first-order valence-electron chi connectivity index (χ1n) is 6.09. The van der Waals surface area contributed by atoms with Crippen LogP contribution in [0, 0.1) is 0 Å². The van der Waals surface area contributed by atoms with Crippen LogP contribution in [0.1, 0.15) is 11.3 Å². The van der Waals surface area contributed by atoms with Gasteiger partial charge in [-0.05, 0) is 17.7 Å². The number of nitrogens with zero attached hydrogens (tertiary/aromatic N) is 1. The first-order valence-corrected chi connectivity index (χ1v) is 6.09. The van der Waals surface area contributed by atoms with Crippen molar-refractivity contribution in [1.29, 1.82) is 0 Å². The third-order valence-corrected chi connectivity index (χ3v) is 2.63. The molecule has 2 amide bonds. The lowest BCUT2D eigenvalue weighted by Crippen LogP contribution is -2.34. The third kappa shape index (κ3) is 3.98. The Morgan fingerprint density at radius 3 is 2.55 bits per heavy atom. The van der Waals surface area contributed by atoms with Crippen LogP contribution in [-0.2, 0) is 17.6 Å². The lowest BCUT2D eigenvalue weighted by molar-refractivity contribution is -0.152. The Morgan fingerprint density at radius 2 is 2.00 bits per heavy atom. The molecular weight excluding hydrogens is 303 g/mol. The van der Waals surface area contributed by atoms with E-state index in [-0.39, 0.29) is 12.4 Å². The second kappa shape index (κ2) is 6.48. The fraction of sp³-hybridized carbons (Fsp3) is 0.231. The summed E-state index contributed by atoms with van der Waals surface area (Å²) in [4.78, 5) is 19.1. The smallest absolute Gasteiger partial charge is 0.432 e. The van der Waals surface area contributed by atoms with Crippen LogP contribution < -0.4 is 10.8 Å². The van der Waals surface area contributed by atoms with Crippen LogP contribution in [0.3, 0.4) is 0 Å². The normalized spacial score (nSPS) is 11.3. The van der Waals surface area contributed by atoms with E-state index in [2.05, 4.69) is 25.0 Å². The summed E-state index contributed by atoms with van der Waals surface area (Å²) in [5.74, 6) is -1.27. The third-order valence-electron chi connectivity index (χ3n) is 2.63. The number of hydroxylamine groups is 1. The molecule has 9 heteroatoms. The van der Waals surface area contributed by atoms with Crippen molar-refractivity contribution >= 4 is 6.03 Å². The SMILES string of the molecule is CONC(=O)NCc1ccc(-c2ncc(C(F)(F)F)o2)cc1. The zero-order valence-electron chi connectivity index (χ0n) is 11.4. The van der Waals surface area contributed by atoms with E-state index in [1.807, 2.05) is 0 Å². The lowest BCUT2D eigenvalue weighted by Gasteiger charge is -2.06. The minimum absolute atomic E-state index is 0.121. The number of urea groups is 1. The van der Waals surface area contributed by atoms with Crippen LogP contribution >= 0.6 is 0 Å². The van der Waals surface area contributed by atoms with Crippen LogP contribution in [0.5, 0.6) is 0 Å². The van der Waals surface area contributed by atoms with E-state index in [4.69, 9.17) is 0 Å². The molecule has 0 aliphatic carbocycles. The van der Waals surface area contributed by atoms with Gasteiger partial charge in [-0.15, -0.1) is 0 Å². The van der Waals surface area contributed by atoms with Gasteiger partial charge in [0.2, 0.25) is 11.7 Å². The summed E-state index contributed by atoms with van der Waals surface area (Å²) in [6.07, 6.45) is -3.93. The molecule has 22 heavy (non-hydrogen) atoms. The van der Waals surface area contributed by atoms with E-state index in [9.17, 15) is 18.0 Å². The van der Waals surface area contributed by atoms with Gasteiger partial charge in [0, 0.05) is 12.1 Å². The van der Waals surface area contributed by atoms with Crippen LogP contribution in [0.15, 0.2) is 34.9 Å². The maximum Gasteiger partial charge on any atom is 0.451 e. The number of oxazole rings is 1. The molecule has 2 rings (SSSR count). The Morgan fingerprint density at radius 1 is 1.32 bits per heavy atom. The van der Waals surface area contributed by atoms with E-state index >= 15 is 0 Å². The predicted molar refractivity (Wildman–Crippen MR) is 69.3 cm³/mol. The highest BCUT2D eigenvalue weighted by atomic mass is 19.4. The largest absolute Gasteiger partial charge is 0.451 e.